The first-order valence-corrected chi connectivity index (χ1v) is 6.42. The molecule has 0 saturated heterocycles. The minimum Gasteiger partial charge on any atom is -0.370 e. The fourth-order valence-corrected chi connectivity index (χ4v) is 2.33. The van der Waals surface area contributed by atoms with Crippen molar-refractivity contribution in [1.29, 1.82) is 0 Å². The van der Waals surface area contributed by atoms with Gasteiger partial charge in [0.2, 0.25) is 0 Å². The zero-order valence-electron chi connectivity index (χ0n) is 10.9. The van der Waals surface area contributed by atoms with Gasteiger partial charge in [0.25, 0.3) is 0 Å². The van der Waals surface area contributed by atoms with Crippen molar-refractivity contribution < 1.29 is 0 Å². The minimum atomic E-state index is 0. The average Bonchev–Trinajstić information content (AvgIpc) is 2.74. The third-order valence-corrected chi connectivity index (χ3v) is 3.42. The lowest BCUT2D eigenvalue weighted by Crippen LogP contribution is -2.41. The van der Waals surface area contributed by atoms with Crippen molar-refractivity contribution in [2.45, 2.75) is 44.7 Å². The summed E-state index contributed by atoms with van der Waals surface area (Å²) in [4.78, 5) is 4.38. The number of aliphatic imine (C=N–C) groups is 1. The number of nitrogens with zero attached hydrogens (tertiary/aromatic N) is 2. The van der Waals surface area contributed by atoms with E-state index >= 15 is 0 Å². The van der Waals surface area contributed by atoms with Gasteiger partial charge in [0.05, 0.1) is 6.54 Å². The Labute approximate surface area is 126 Å². The van der Waals surface area contributed by atoms with Gasteiger partial charge in [-0.1, -0.05) is 19.3 Å². The summed E-state index contributed by atoms with van der Waals surface area (Å²) in [5, 5.41) is 3.32. The van der Waals surface area contributed by atoms with Crippen molar-refractivity contribution in [3.63, 3.8) is 0 Å². The molecule has 1 heterocycles. The molecule has 0 atom stereocenters. The van der Waals surface area contributed by atoms with Gasteiger partial charge in [-0.25, -0.2) is 4.99 Å². The molecular formula is C13H23IN4. The zero-order chi connectivity index (χ0) is 12.1. The zero-order valence-corrected chi connectivity index (χ0v) is 13.3. The topological polar surface area (TPSA) is 55.3 Å². The molecule has 3 N–H and O–H groups in total. The number of guanidine groups is 1. The van der Waals surface area contributed by atoms with Gasteiger partial charge in [0, 0.05) is 25.0 Å². The highest BCUT2D eigenvalue weighted by Crippen LogP contribution is 2.17. The summed E-state index contributed by atoms with van der Waals surface area (Å²) in [5.74, 6) is 0.582. The van der Waals surface area contributed by atoms with Crippen LogP contribution in [0, 0.1) is 0 Å². The quantitative estimate of drug-likeness (QED) is 0.493. The molecule has 4 nitrogen and oxygen atoms in total. The molecule has 2 rings (SSSR count). The molecule has 1 aromatic heterocycles. The van der Waals surface area contributed by atoms with Crippen LogP contribution in [-0.4, -0.2) is 16.6 Å². The van der Waals surface area contributed by atoms with E-state index in [1.807, 2.05) is 19.3 Å². The molecule has 1 aliphatic rings. The largest absolute Gasteiger partial charge is 0.370 e. The first kappa shape index (κ1) is 15.3. The van der Waals surface area contributed by atoms with E-state index in [1.54, 1.807) is 0 Å². The first-order chi connectivity index (χ1) is 8.25. The predicted molar refractivity (Wildman–Crippen MR) is 86.2 cm³/mol. The van der Waals surface area contributed by atoms with Crippen LogP contribution >= 0.6 is 24.0 Å². The lowest BCUT2D eigenvalue weighted by atomic mass is 9.96. The maximum Gasteiger partial charge on any atom is 0.189 e. The Morgan fingerprint density at radius 3 is 2.78 bits per heavy atom. The first-order valence-electron chi connectivity index (χ1n) is 6.42. The highest BCUT2D eigenvalue weighted by atomic mass is 127. The molecule has 0 amide bonds. The molecule has 0 spiro atoms. The number of hydrogen-bond donors (Lipinski definition) is 2. The summed E-state index contributed by atoms with van der Waals surface area (Å²) in [6.45, 7) is 0.648. The van der Waals surface area contributed by atoms with Crippen molar-refractivity contribution in [3.05, 3.63) is 24.0 Å². The SMILES string of the molecule is Cn1cccc1CN=C(N)NC1CCCCC1.I. The van der Waals surface area contributed by atoms with Crippen molar-refractivity contribution in [1.82, 2.24) is 9.88 Å². The summed E-state index contributed by atoms with van der Waals surface area (Å²) >= 11 is 0. The second-order valence-corrected chi connectivity index (χ2v) is 4.79. The maximum absolute atomic E-state index is 5.90. The fourth-order valence-electron chi connectivity index (χ4n) is 2.33. The molecule has 0 radical (unpaired) electrons. The van der Waals surface area contributed by atoms with Crippen LogP contribution in [0.5, 0.6) is 0 Å². The second-order valence-electron chi connectivity index (χ2n) is 4.79. The van der Waals surface area contributed by atoms with E-state index in [0.717, 1.165) is 0 Å². The highest BCUT2D eigenvalue weighted by molar-refractivity contribution is 14.0. The van der Waals surface area contributed by atoms with Gasteiger partial charge < -0.3 is 15.6 Å². The molecule has 0 unspecified atom stereocenters. The molecule has 0 bridgehead atoms. The van der Waals surface area contributed by atoms with Crippen LogP contribution in [0.4, 0.5) is 0 Å². The summed E-state index contributed by atoms with van der Waals surface area (Å²) in [6, 6.07) is 4.62. The van der Waals surface area contributed by atoms with E-state index in [0.29, 0.717) is 18.5 Å². The standard InChI is InChI=1S/C13H22N4.HI/c1-17-9-5-8-12(17)10-15-13(14)16-11-6-3-2-4-7-11;/h5,8-9,11H,2-4,6-7,10H2,1H3,(H3,14,15,16);1H. The van der Waals surface area contributed by atoms with Crippen LogP contribution in [0.1, 0.15) is 37.8 Å². The molecule has 0 aromatic carbocycles. The van der Waals surface area contributed by atoms with E-state index in [1.165, 1.54) is 37.8 Å². The van der Waals surface area contributed by atoms with Gasteiger partial charge in [-0.2, -0.15) is 0 Å². The lowest BCUT2D eigenvalue weighted by molar-refractivity contribution is 0.412. The molecule has 102 valence electrons. The van der Waals surface area contributed by atoms with Gasteiger partial charge >= 0.3 is 0 Å². The van der Waals surface area contributed by atoms with Gasteiger partial charge in [-0.05, 0) is 25.0 Å². The molecule has 0 aliphatic heterocycles. The number of aryl methyl sites for hydroxylation is 1. The Hall–Kier alpha value is -0.720. The second kappa shape index (κ2) is 7.66. The van der Waals surface area contributed by atoms with Crippen LogP contribution in [0.25, 0.3) is 0 Å². The molecule has 5 heteroatoms. The Kier molecular flexibility index (Phi) is 6.52. The molecular weight excluding hydrogens is 339 g/mol. The number of rotatable bonds is 3. The predicted octanol–water partition coefficient (Wildman–Crippen LogP) is 2.38. The van der Waals surface area contributed by atoms with E-state index in [9.17, 15) is 0 Å². The molecule has 1 saturated carbocycles. The molecule has 18 heavy (non-hydrogen) atoms. The maximum atomic E-state index is 5.90. The lowest BCUT2D eigenvalue weighted by Gasteiger charge is -2.23. The Morgan fingerprint density at radius 1 is 1.44 bits per heavy atom. The Bertz CT molecular complexity index is 380. The molecule has 1 aromatic rings. The monoisotopic (exact) mass is 362 g/mol. The van der Waals surface area contributed by atoms with Gasteiger partial charge in [0.1, 0.15) is 0 Å². The van der Waals surface area contributed by atoms with Crippen LogP contribution in [-0.2, 0) is 13.6 Å². The fraction of sp³-hybridized carbons (Fsp3) is 0.615. The smallest absolute Gasteiger partial charge is 0.189 e. The van der Waals surface area contributed by atoms with Crippen molar-refractivity contribution in [3.8, 4) is 0 Å². The van der Waals surface area contributed by atoms with E-state index in [-0.39, 0.29) is 24.0 Å². The van der Waals surface area contributed by atoms with Crippen molar-refractivity contribution >= 4 is 29.9 Å². The van der Waals surface area contributed by atoms with Crippen LogP contribution in [0.15, 0.2) is 23.3 Å². The normalized spacial score (nSPS) is 17.3. The van der Waals surface area contributed by atoms with Gasteiger partial charge in [0.15, 0.2) is 5.96 Å². The summed E-state index contributed by atoms with van der Waals surface area (Å²) in [7, 11) is 2.02. The van der Waals surface area contributed by atoms with Crippen LogP contribution in [0.3, 0.4) is 0 Å². The van der Waals surface area contributed by atoms with Crippen molar-refractivity contribution in [2.24, 2.45) is 17.8 Å². The van der Waals surface area contributed by atoms with Gasteiger partial charge in [-0.3, -0.25) is 0 Å². The number of aromatic nitrogens is 1. The summed E-state index contributed by atoms with van der Waals surface area (Å²) in [5.41, 5.74) is 7.08. The van der Waals surface area contributed by atoms with Crippen LogP contribution < -0.4 is 11.1 Å². The molecule has 1 fully saturated rings. The van der Waals surface area contributed by atoms with Gasteiger partial charge in [-0.15, -0.1) is 24.0 Å². The molecule has 1 aliphatic carbocycles. The average molecular weight is 362 g/mol. The minimum absolute atomic E-state index is 0. The van der Waals surface area contributed by atoms with Crippen LogP contribution in [0.2, 0.25) is 0 Å². The summed E-state index contributed by atoms with van der Waals surface area (Å²) < 4.78 is 2.07. The third kappa shape index (κ3) is 4.51. The number of hydrogen-bond acceptors (Lipinski definition) is 1. The number of nitrogens with one attached hydrogen (secondary N) is 1. The number of halogens is 1. The highest BCUT2D eigenvalue weighted by Gasteiger charge is 2.13. The van der Waals surface area contributed by atoms with E-state index < -0.39 is 0 Å². The van der Waals surface area contributed by atoms with E-state index in [2.05, 4.69) is 20.9 Å². The number of nitrogens with two attached hydrogens (primary N) is 1. The Balaban J connectivity index is 0.00000162. The third-order valence-electron chi connectivity index (χ3n) is 3.42. The van der Waals surface area contributed by atoms with E-state index in [4.69, 9.17) is 5.73 Å². The van der Waals surface area contributed by atoms with Crippen molar-refractivity contribution in [2.75, 3.05) is 0 Å². The summed E-state index contributed by atoms with van der Waals surface area (Å²) in [6.07, 6.45) is 8.44. The Morgan fingerprint density at radius 2 is 2.17 bits per heavy atom.